The van der Waals surface area contributed by atoms with E-state index in [4.69, 9.17) is 0 Å². The molecule has 1 aliphatic rings. The lowest BCUT2D eigenvalue weighted by Crippen LogP contribution is -2.45. The molecule has 0 aliphatic carbocycles. The number of halogens is 1. The lowest BCUT2D eigenvalue weighted by Gasteiger charge is -2.25. The van der Waals surface area contributed by atoms with Crippen LogP contribution in [0.1, 0.15) is 35.3 Å². The summed E-state index contributed by atoms with van der Waals surface area (Å²) in [4.78, 5) is 38.5. The minimum Gasteiger partial charge on any atom is -0.335 e. The highest BCUT2D eigenvalue weighted by atomic mass is 79.9. The van der Waals surface area contributed by atoms with Crippen LogP contribution in [0.25, 0.3) is 0 Å². The highest BCUT2D eigenvalue weighted by Gasteiger charge is 2.37. The molecular formula is C20H20BrN3O3. The molecule has 2 N–H and O–H groups in total. The summed E-state index contributed by atoms with van der Waals surface area (Å²) < 4.78 is 0.861. The molecule has 3 amide bonds. The van der Waals surface area contributed by atoms with Crippen molar-refractivity contribution in [3.63, 3.8) is 0 Å². The number of hydrogen-bond donors (Lipinski definition) is 2. The normalized spacial score (nSPS) is 17.5. The van der Waals surface area contributed by atoms with Crippen LogP contribution in [0.5, 0.6) is 0 Å². The van der Waals surface area contributed by atoms with Crippen molar-refractivity contribution in [1.29, 1.82) is 0 Å². The summed E-state index contributed by atoms with van der Waals surface area (Å²) in [7, 11) is 0. The molecule has 0 aromatic heterocycles. The van der Waals surface area contributed by atoms with Gasteiger partial charge in [0.2, 0.25) is 11.8 Å². The summed E-state index contributed by atoms with van der Waals surface area (Å²) in [6.45, 7) is 2.28. The topological polar surface area (TPSA) is 78.5 Å². The molecule has 0 saturated carbocycles. The van der Waals surface area contributed by atoms with Crippen LogP contribution in [-0.4, -0.2) is 29.2 Å². The smallest absolute Gasteiger partial charge is 0.269 e. The van der Waals surface area contributed by atoms with Crippen LogP contribution < -0.4 is 10.9 Å². The molecule has 1 heterocycles. The zero-order valence-electron chi connectivity index (χ0n) is 14.8. The molecule has 0 bridgehead atoms. The zero-order valence-corrected chi connectivity index (χ0v) is 16.4. The molecule has 2 aromatic rings. The van der Waals surface area contributed by atoms with Crippen LogP contribution in [0.15, 0.2) is 59.1 Å². The van der Waals surface area contributed by atoms with Gasteiger partial charge in [0.25, 0.3) is 5.91 Å². The van der Waals surface area contributed by atoms with Crippen molar-refractivity contribution in [2.75, 3.05) is 6.54 Å². The van der Waals surface area contributed by atoms with Crippen molar-refractivity contribution in [3.8, 4) is 0 Å². The number of rotatable bonds is 4. The third kappa shape index (κ3) is 4.54. The summed E-state index contributed by atoms with van der Waals surface area (Å²) in [6.07, 6.45) is 0.136. The maximum absolute atomic E-state index is 12.4. The first-order valence-electron chi connectivity index (χ1n) is 8.66. The molecule has 0 radical (unpaired) electrons. The third-order valence-electron chi connectivity index (χ3n) is 4.68. The summed E-state index contributed by atoms with van der Waals surface area (Å²) in [5, 5.41) is 0. The maximum atomic E-state index is 12.4. The number of nitrogens with zero attached hydrogens (tertiary/aromatic N) is 1. The van der Waals surface area contributed by atoms with Crippen molar-refractivity contribution in [1.82, 2.24) is 15.8 Å². The van der Waals surface area contributed by atoms with Crippen LogP contribution in [0.2, 0.25) is 0 Å². The van der Waals surface area contributed by atoms with Gasteiger partial charge in [-0.3, -0.25) is 25.2 Å². The summed E-state index contributed by atoms with van der Waals surface area (Å²) in [5.41, 5.74) is 6.28. The Morgan fingerprint density at radius 2 is 1.74 bits per heavy atom. The van der Waals surface area contributed by atoms with E-state index in [2.05, 4.69) is 26.8 Å². The zero-order chi connectivity index (χ0) is 19.4. The van der Waals surface area contributed by atoms with E-state index < -0.39 is 11.8 Å². The van der Waals surface area contributed by atoms with Crippen molar-refractivity contribution < 1.29 is 14.4 Å². The van der Waals surface area contributed by atoms with E-state index in [1.54, 1.807) is 29.2 Å². The number of hydrazine groups is 1. The van der Waals surface area contributed by atoms with Gasteiger partial charge in [-0.2, -0.15) is 0 Å². The fourth-order valence-corrected chi connectivity index (χ4v) is 3.35. The first-order chi connectivity index (χ1) is 13.0. The van der Waals surface area contributed by atoms with Crippen LogP contribution in [-0.2, 0) is 9.59 Å². The molecule has 0 unspecified atom stereocenters. The van der Waals surface area contributed by atoms with Crippen molar-refractivity contribution in [2.24, 2.45) is 5.92 Å². The minimum atomic E-state index is -0.492. The number of carbonyl (C=O) groups excluding carboxylic acids is 3. The molecule has 1 aliphatic heterocycles. The molecule has 1 saturated heterocycles. The molecule has 7 heteroatoms. The van der Waals surface area contributed by atoms with Gasteiger partial charge in [-0.1, -0.05) is 46.3 Å². The Kier molecular flexibility index (Phi) is 5.91. The molecule has 6 nitrogen and oxygen atoms in total. The second-order valence-corrected chi connectivity index (χ2v) is 7.40. The lowest BCUT2D eigenvalue weighted by atomic mass is 10.1. The van der Waals surface area contributed by atoms with Crippen LogP contribution in [0.3, 0.4) is 0 Å². The van der Waals surface area contributed by atoms with Gasteiger partial charge in [0.15, 0.2) is 0 Å². The highest BCUT2D eigenvalue weighted by Crippen LogP contribution is 2.28. The molecule has 27 heavy (non-hydrogen) atoms. The molecule has 2 aromatic carbocycles. The van der Waals surface area contributed by atoms with E-state index in [1.165, 1.54) is 0 Å². The van der Waals surface area contributed by atoms with E-state index in [1.807, 2.05) is 37.3 Å². The van der Waals surface area contributed by atoms with Gasteiger partial charge in [-0.15, -0.1) is 0 Å². The molecular weight excluding hydrogens is 410 g/mol. The van der Waals surface area contributed by atoms with E-state index in [0.717, 1.165) is 10.0 Å². The summed E-state index contributed by atoms with van der Waals surface area (Å²) in [5.74, 6) is -1.33. The van der Waals surface area contributed by atoms with Gasteiger partial charge in [-0.05, 0) is 36.8 Å². The van der Waals surface area contributed by atoms with Crippen molar-refractivity contribution >= 4 is 33.7 Å². The van der Waals surface area contributed by atoms with E-state index in [0.29, 0.717) is 12.1 Å². The van der Waals surface area contributed by atoms with Gasteiger partial charge in [0.05, 0.1) is 12.0 Å². The van der Waals surface area contributed by atoms with Gasteiger partial charge < -0.3 is 4.90 Å². The quantitative estimate of drug-likeness (QED) is 0.733. The minimum absolute atomic E-state index is 0.0641. The standard InChI is InChI=1S/C20H20BrN3O3/c1-13(14-5-3-2-4-6-14)24-12-16(11-18(24)25)20(27)23-22-19(26)15-7-9-17(21)10-8-15/h2-10,13,16H,11-12H2,1H3,(H,22,26)(H,23,27)/t13-,16+/m1/s1. The predicted octanol–water partition coefficient (Wildman–Crippen LogP) is 2.82. The first kappa shape index (κ1) is 19.1. The highest BCUT2D eigenvalue weighted by molar-refractivity contribution is 9.10. The lowest BCUT2D eigenvalue weighted by molar-refractivity contribution is -0.130. The monoisotopic (exact) mass is 429 g/mol. The fraction of sp³-hybridized carbons (Fsp3) is 0.250. The van der Waals surface area contributed by atoms with Crippen LogP contribution in [0.4, 0.5) is 0 Å². The second kappa shape index (κ2) is 8.35. The Hall–Kier alpha value is -2.67. The Balaban J connectivity index is 1.56. The van der Waals surface area contributed by atoms with Gasteiger partial charge in [0.1, 0.15) is 0 Å². The molecule has 0 spiro atoms. The summed E-state index contributed by atoms with van der Waals surface area (Å²) in [6, 6.07) is 16.4. The van der Waals surface area contributed by atoms with Crippen LogP contribution in [0, 0.1) is 5.92 Å². The van der Waals surface area contributed by atoms with Gasteiger partial charge >= 0.3 is 0 Å². The number of likely N-dealkylation sites (tertiary alicyclic amines) is 1. The Labute approximate surface area is 166 Å². The second-order valence-electron chi connectivity index (χ2n) is 6.48. The van der Waals surface area contributed by atoms with E-state index >= 15 is 0 Å². The molecule has 140 valence electrons. The largest absolute Gasteiger partial charge is 0.335 e. The van der Waals surface area contributed by atoms with E-state index in [-0.39, 0.29) is 24.3 Å². The fourth-order valence-electron chi connectivity index (χ4n) is 3.09. The van der Waals surface area contributed by atoms with Crippen molar-refractivity contribution in [2.45, 2.75) is 19.4 Å². The van der Waals surface area contributed by atoms with Crippen molar-refractivity contribution in [3.05, 3.63) is 70.2 Å². The molecule has 3 rings (SSSR count). The number of nitrogens with one attached hydrogen (secondary N) is 2. The third-order valence-corrected chi connectivity index (χ3v) is 5.21. The van der Waals surface area contributed by atoms with Crippen LogP contribution >= 0.6 is 15.9 Å². The number of amides is 3. The Bertz CT molecular complexity index is 839. The van der Waals surface area contributed by atoms with E-state index in [9.17, 15) is 14.4 Å². The Morgan fingerprint density at radius 3 is 2.41 bits per heavy atom. The SMILES string of the molecule is C[C@H](c1ccccc1)N1C[C@@H](C(=O)NNC(=O)c2ccc(Br)cc2)CC1=O. The number of carbonyl (C=O) groups is 3. The number of benzene rings is 2. The average Bonchev–Trinajstić information content (AvgIpc) is 3.08. The van der Waals surface area contributed by atoms with Gasteiger partial charge in [0, 0.05) is 23.0 Å². The van der Waals surface area contributed by atoms with Gasteiger partial charge in [-0.25, -0.2) is 0 Å². The average molecular weight is 430 g/mol. The first-order valence-corrected chi connectivity index (χ1v) is 9.45. The molecule has 2 atom stereocenters. The Morgan fingerprint density at radius 1 is 1.07 bits per heavy atom. The maximum Gasteiger partial charge on any atom is 0.269 e. The molecule has 1 fully saturated rings. The number of hydrogen-bond acceptors (Lipinski definition) is 3. The summed E-state index contributed by atoms with van der Waals surface area (Å²) >= 11 is 3.30. The predicted molar refractivity (Wildman–Crippen MR) is 104 cm³/mol.